The highest BCUT2D eigenvalue weighted by atomic mass is 16.5. The molecule has 8 nitrogen and oxygen atoms in total. The fraction of sp³-hybridized carbons (Fsp3) is 0.261. The molecule has 0 spiro atoms. The van der Waals surface area contributed by atoms with Crippen molar-refractivity contribution < 1.29 is 4.74 Å². The third kappa shape index (κ3) is 4.02. The summed E-state index contributed by atoms with van der Waals surface area (Å²) in [6, 6.07) is 17.7. The molecule has 0 saturated carbocycles. The summed E-state index contributed by atoms with van der Waals surface area (Å²) in [5.74, 6) is 1.26. The topological polar surface area (TPSA) is 88.1 Å². The van der Waals surface area contributed by atoms with E-state index in [0.29, 0.717) is 36.8 Å². The monoisotopic (exact) mass is 416 g/mol. The van der Waals surface area contributed by atoms with Crippen LogP contribution in [-0.4, -0.2) is 46.3 Å². The number of aromatic amines is 1. The zero-order valence-corrected chi connectivity index (χ0v) is 17.3. The van der Waals surface area contributed by atoms with Gasteiger partial charge in [-0.05, 0) is 30.7 Å². The average molecular weight is 416 g/mol. The van der Waals surface area contributed by atoms with Crippen LogP contribution in [0.4, 0.5) is 17.3 Å². The molecule has 0 radical (unpaired) electrons. The number of H-pyrrole nitrogens is 1. The number of nitrogens with zero attached hydrogens (tertiary/aromatic N) is 4. The van der Waals surface area contributed by atoms with Crippen molar-refractivity contribution >= 4 is 28.1 Å². The van der Waals surface area contributed by atoms with Crippen LogP contribution in [0.3, 0.4) is 0 Å². The smallest absolute Gasteiger partial charge is 0.275 e. The van der Waals surface area contributed by atoms with Gasteiger partial charge in [0.2, 0.25) is 0 Å². The van der Waals surface area contributed by atoms with Gasteiger partial charge in [0, 0.05) is 35.9 Å². The van der Waals surface area contributed by atoms with Crippen molar-refractivity contribution in [3.63, 3.8) is 0 Å². The molecule has 5 rings (SSSR count). The van der Waals surface area contributed by atoms with Gasteiger partial charge in [-0.1, -0.05) is 30.3 Å². The highest BCUT2D eigenvalue weighted by Gasteiger charge is 2.16. The van der Waals surface area contributed by atoms with Gasteiger partial charge < -0.3 is 15.0 Å². The predicted molar refractivity (Wildman–Crippen MR) is 121 cm³/mol. The van der Waals surface area contributed by atoms with E-state index in [4.69, 9.17) is 4.74 Å². The number of aromatic nitrogens is 4. The van der Waals surface area contributed by atoms with E-state index in [1.54, 1.807) is 0 Å². The van der Waals surface area contributed by atoms with Crippen LogP contribution in [0.5, 0.6) is 0 Å². The van der Waals surface area contributed by atoms with Crippen LogP contribution in [0.1, 0.15) is 11.3 Å². The van der Waals surface area contributed by atoms with Gasteiger partial charge in [-0.15, -0.1) is 0 Å². The van der Waals surface area contributed by atoms with E-state index in [1.165, 1.54) is 4.68 Å². The summed E-state index contributed by atoms with van der Waals surface area (Å²) in [6.45, 7) is 5.34. The third-order valence-corrected chi connectivity index (χ3v) is 5.45. The van der Waals surface area contributed by atoms with Crippen LogP contribution in [0.2, 0.25) is 0 Å². The molecule has 0 unspecified atom stereocenters. The Hall–Kier alpha value is -3.65. The number of hydrogen-bond donors (Lipinski definition) is 2. The van der Waals surface area contributed by atoms with Gasteiger partial charge in [0.05, 0.1) is 25.1 Å². The lowest BCUT2D eigenvalue weighted by Gasteiger charge is -2.29. The maximum absolute atomic E-state index is 13.4. The van der Waals surface area contributed by atoms with Gasteiger partial charge >= 0.3 is 0 Å². The fourth-order valence-corrected chi connectivity index (χ4v) is 3.85. The van der Waals surface area contributed by atoms with Crippen molar-refractivity contribution in [2.75, 3.05) is 36.5 Å². The van der Waals surface area contributed by atoms with E-state index in [1.807, 2.05) is 61.5 Å². The highest BCUT2D eigenvalue weighted by Crippen LogP contribution is 2.26. The minimum absolute atomic E-state index is 0.113. The number of rotatable bonds is 5. The van der Waals surface area contributed by atoms with E-state index < -0.39 is 0 Å². The molecule has 8 heteroatoms. The largest absolute Gasteiger partial charge is 0.378 e. The van der Waals surface area contributed by atoms with Crippen LogP contribution in [0.15, 0.2) is 59.4 Å². The molecule has 1 fully saturated rings. The Kier molecular flexibility index (Phi) is 5.13. The molecule has 31 heavy (non-hydrogen) atoms. The second-order valence-electron chi connectivity index (χ2n) is 7.69. The summed E-state index contributed by atoms with van der Waals surface area (Å²) in [5.41, 5.74) is 2.87. The zero-order chi connectivity index (χ0) is 21.2. The normalized spacial score (nSPS) is 14.2. The Bertz CT molecular complexity index is 1260. The van der Waals surface area contributed by atoms with Gasteiger partial charge in [0.15, 0.2) is 11.6 Å². The first-order chi connectivity index (χ1) is 15.2. The second kappa shape index (κ2) is 8.23. The quantitative estimate of drug-likeness (QED) is 0.520. The molecule has 1 aliphatic rings. The number of aryl methyl sites for hydroxylation is 1. The fourth-order valence-electron chi connectivity index (χ4n) is 3.85. The van der Waals surface area contributed by atoms with Gasteiger partial charge in [-0.2, -0.15) is 10.2 Å². The van der Waals surface area contributed by atoms with Crippen LogP contribution in [0, 0.1) is 6.92 Å². The molecule has 2 aromatic carbocycles. The van der Waals surface area contributed by atoms with Crippen molar-refractivity contribution in [1.29, 1.82) is 0 Å². The number of anilines is 3. The molecule has 0 aliphatic carbocycles. The van der Waals surface area contributed by atoms with Crippen molar-refractivity contribution in [3.8, 4) is 0 Å². The number of morpholine rings is 1. The number of fused-ring (bicyclic) bond motifs is 1. The summed E-state index contributed by atoms with van der Waals surface area (Å²) in [6.07, 6.45) is 0. The first-order valence-corrected chi connectivity index (χ1v) is 10.4. The lowest BCUT2D eigenvalue weighted by atomic mass is 10.1. The summed E-state index contributed by atoms with van der Waals surface area (Å²) in [4.78, 5) is 15.6. The van der Waals surface area contributed by atoms with E-state index >= 15 is 0 Å². The second-order valence-corrected chi connectivity index (χ2v) is 7.69. The van der Waals surface area contributed by atoms with Crippen molar-refractivity contribution in [1.82, 2.24) is 20.0 Å². The number of hydrogen-bond acceptors (Lipinski definition) is 6. The van der Waals surface area contributed by atoms with Crippen molar-refractivity contribution in [2.24, 2.45) is 0 Å². The average Bonchev–Trinajstić information content (AvgIpc) is 3.22. The van der Waals surface area contributed by atoms with E-state index in [-0.39, 0.29) is 5.56 Å². The Morgan fingerprint density at radius 1 is 1.06 bits per heavy atom. The lowest BCUT2D eigenvalue weighted by Crippen LogP contribution is -2.36. The van der Waals surface area contributed by atoms with Gasteiger partial charge in [0.1, 0.15) is 0 Å². The lowest BCUT2D eigenvalue weighted by molar-refractivity contribution is 0.122. The molecule has 2 aromatic heterocycles. The number of ether oxygens (including phenoxy) is 1. The maximum atomic E-state index is 13.4. The highest BCUT2D eigenvalue weighted by molar-refractivity contribution is 5.94. The molecule has 158 valence electrons. The van der Waals surface area contributed by atoms with Gasteiger partial charge in [0.25, 0.3) is 5.56 Å². The summed E-state index contributed by atoms with van der Waals surface area (Å²) in [5, 5.41) is 16.5. The van der Waals surface area contributed by atoms with Crippen LogP contribution in [0.25, 0.3) is 10.8 Å². The van der Waals surface area contributed by atoms with Crippen LogP contribution in [-0.2, 0) is 11.3 Å². The summed E-state index contributed by atoms with van der Waals surface area (Å²) < 4.78 is 6.98. The molecule has 4 aromatic rings. The zero-order valence-electron chi connectivity index (χ0n) is 17.3. The SMILES string of the molecule is Cc1cc(Nc2nn(Cc3ccccc3)c(=O)c3cc(N4CCOCC4)ccc23)n[nH]1. The molecule has 0 bridgehead atoms. The van der Waals surface area contributed by atoms with Crippen molar-refractivity contribution in [2.45, 2.75) is 13.5 Å². The summed E-state index contributed by atoms with van der Waals surface area (Å²) >= 11 is 0. The van der Waals surface area contributed by atoms with E-state index in [9.17, 15) is 4.79 Å². The van der Waals surface area contributed by atoms with Crippen LogP contribution >= 0.6 is 0 Å². The number of nitrogens with one attached hydrogen (secondary N) is 2. The Morgan fingerprint density at radius 3 is 2.61 bits per heavy atom. The van der Waals surface area contributed by atoms with Gasteiger partial charge in [-0.25, -0.2) is 4.68 Å². The van der Waals surface area contributed by atoms with E-state index in [0.717, 1.165) is 35.4 Å². The Labute approximate surface area is 179 Å². The third-order valence-electron chi connectivity index (χ3n) is 5.45. The molecular formula is C23H24N6O2. The Morgan fingerprint density at radius 2 is 1.87 bits per heavy atom. The molecule has 1 aliphatic heterocycles. The van der Waals surface area contributed by atoms with Crippen LogP contribution < -0.4 is 15.8 Å². The first-order valence-electron chi connectivity index (χ1n) is 10.4. The molecule has 1 saturated heterocycles. The molecule has 0 amide bonds. The standard InChI is InChI=1S/C23H24N6O2/c1-16-13-21(26-25-16)24-22-19-8-7-18(28-9-11-31-12-10-28)14-20(19)23(30)29(27-22)15-17-5-3-2-4-6-17/h2-8,13-14H,9-12,15H2,1H3,(H2,24,25,26,27). The molecule has 2 N–H and O–H groups in total. The Balaban J connectivity index is 1.62. The minimum Gasteiger partial charge on any atom is -0.378 e. The first kappa shape index (κ1) is 19.3. The van der Waals surface area contributed by atoms with Gasteiger partial charge in [-0.3, -0.25) is 9.89 Å². The van der Waals surface area contributed by atoms with Crippen molar-refractivity contribution in [3.05, 3.63) is 76.2 Å². The number of benzene rings is 2. The van der Waals surface area contributed by atoms with E-state index in [2.05, 4.69) is 25.5 Å². The molecule has 0 atom stereocenters. The minimum atomic E-state index is -0.113. The molecule has 3 heterocycles. The molecular weight excluding hydrogens is 392 g/mol. The summed E-state index contributed by atoms with van der Waals surface area (Å²) in [7, 11) is 0. The predicted octanol–water partition coefficient (Wildman–Crippen LogP) is 3.06. The maximum Gasteiger partial charge on any atom is 0.275 e.